The second kappa shape index (κ2) is 3.94. The molecule has 1 heterocycles. The quantitative estimate of drug-likeness (QED) is 0.748. The Bertz CT molecular complexity index is 418. The van der Waals surface area contributed by atoms with Crippen LogP contribution in [0.4, 0.5) is 0 Å². The summed E-state index contributed by atoms with van der Waals surface area (Å²) in [5, 5.41) is 0. The molecule has 0 saturated carbocycles. The molecule has 2 N–H and O–H groups in total. The summed E-state index contributed by atoms with van der Waals surface area (Å²) in [6.07, 6.45) is 11.2. The van der Waals surface area contributed by atoms with Crippen LogP contribution < -0.4 is 0 Å². The normalized spacial score (nSPS) is 17.1. The topological polar surface area (TPSA) is 53.1 Å². The molecule has 0 amide bonds. The Morgan fingerprint density at radius 1 is 1.50 bits per heavy atom. The van der Waals surface area contributed by atoms with Gasteiger partial charge in [-0.05, 0) is 18.4 Å². The van der Waals surface area contributed by atoms with Crippen molar-refractivity contribution in [1.82, 2.24) is 4.98 Å². The van der Waals surface area contributed by atoms with Gasteiger partial charge in [-0.3, -0.25) is 0 Å². The Hall–Kier alpha value is -1.13. The Kier molecular flexibility index (Phi) is 2.65. The van der Waals surface area contributed by atoms with Gasteiger partial charge in [0.05, 0.1) is 4.90 Å². The van der Waals surface area contributed by atoms with Gasteiger partial charge in [0.2, 0.25) is 0 Å². The number of rotatable bonds is 3. The van der Waals surface area contributed by atoms with Gasteiger partial charge in [0.15, 0.2) is 11.1 Å². The molecule has 1 aromatic rings. The summed E-state index contributed by atoms with van der Waals surface area (Å²) in [6.45, 7) is 0. The summed E-state index contributed by atoms with van der Waals surface area (Å²) in [4.78, 5) is 3.34. The maximum Gasteiger partial charge on any atom is 0.188 e. The number of allylic oxidation sites excluding steroid dienone is 4. The Morgan fingerprint density at radius 2 is 2.36 bits per heavy atom. The van der Waals surface area contributed by atoms with E-state index in [0.717, 1.165) is 18.4 Å². The molecule has 1 aliphatic carbocycles. The summed E-state index contributed by atoms with van der Waals surface area (Å²) < 4.78 is 19.9. The maximum absolute atomic E-state index is 10.9. The van der Waals surface area contributed by atoms with Crippen LogP contribution in [0.5, 0.6) is 0 Å². The van der Waals surface area contributed by atoms with E-state index >= 15 is 0 Å². The minimum absolute atomic E-state index is 0.484. The highest BCUT2D eigenvalue weighted by atomic mass is 32.2. The number of aromatic nitrogens is 1. The Morgan fingerprint density at radius 3 is 3.00 bits per heavy atom. The second-order valence-electron chi connectivity index (χ2n) is 3.23. The van der Waals surface area contributed by atoms with Crippen molar-refractivity contribution in [3.63, 3.8) is 0 Å². The molecular weight excluding hydrogens is 198 g/mol. The summed E-state index contributed by atoms with van der Waals surface area (Å²) in [5.41, 5.74) is 2.18. The molecule has 0 saturated heterocycles. The van der Waals surface area contributed by atoms with E-state index in [1.165, 1.54) is 5.57 Å². The van der Waals surface area contributed by atoms with Crippen LogP contribution in [-0.4, -0.2) is 13.7 Å². The number of H-pyrrole nitrogens is 1. The molecule has 2 rings (SSSR count). The van der Waals surface area contributed by atoms with Crippen LogP contribution >= 0.6 is 0 Å². The van der Waals surface area contributed by atoms with E-state index in [-0.39, 0.29) is 0 Å². The predicted octanol–water partition coefficient (Wildman–Crippen LogP) is 2.02. The van der Waals surface area contributed by atoms with E-state index < -0.39 is 11.1 Å². The first-order chi connectivity index (χ1) is 6.77. The Labute approximate surface area is 84.8 Å². The third kappa shape index (κ3) is 1.86. The van der Waals surface area contributed by atoms with E-state index in [9.17, 15) is 4.21 Å². The largest absolute Gasteiger partial charge is 0.366 e. The van der Waals surface area contributed by atoms with Gasteiger partial charge in [-0.1, -0.05) is 23.8 Å². The lowest BCUT2D eigenvalue weighted by Gasteiger charge is -2.00. The van der Waals surface area contributed by atoms with Gasteiger partial charge in [0, 0.05) is 12.4 Å². The molecule has 3 nitrogen and oxygen atoms in total. The molecule has 0 radical (unpaired) electrons. The van der Waals surface area contributed by atoms with Crippen LogP contribution in [0.25, 0.3) is 0 Å². The first kappa shape index (κ1) is 9.43. The van der Waals surface area contributed by atoms with Crippen LogP contribution in [0.2, 0.25) is 0 Å². The molecule has 0 bridgehead atoms. The van der Waals surface area contributed by atoms with Crippen LogP contribution in [0.1, 0.15) is 12.0 Å². The minimum atomic E-state index is -1.89. The third-order valence-corrected chi connectivity index (χ3v) is 3.00. The summed E-state index contributed by atoms with van der Waals surface area (Å²) in [5.74, 6) is 0. The molecule has 1 aliphatic rings. The summed E-state index contributed by atoms with van der Waals surface area (Å²) >= 11 is -1.89. The molecule has 1 aromatic heterocycles. The predicted molar refractivity (Wildman–Crippen MR) is 55.4 cm³/mol. The second-order valence-corrected chi connectivity index (χ2v) is 4.17. The lowest BCUT2D eigenvalue weighted by Crippen LogP contribution is -1.93. The van der Waals surface area contributed by atoms with Gasteiger partial charge in [0.1, 0.15) is 0 Å². The van der Waals surface area contributed by atoms with E-state index in [1.54, 1.807) is 12.4 Å². The molecule has 0 aromatic carbocycles. The van der Waals surface area contributed by atoms with Crippen LogP contribution in [0.15, 0.2) is 41.1 Å². The number of aromatic amines is 1. The van der Waals surface area contributed by atoms with Crippen molar-refractivity contribution >= 4 is 11.1 Å². The minimum Gasteiger partial charge on any atom is -0.366 e. The van der Waals surface area contributed by atoms with Gasteiger partial charge in [-0.25, -0.2) is 4.21 Å². The number of hydrogen-bond donors (Lipinski definition) is 2. The SMILES string of the molecule is O=S(O)c1c[nH]cc1CC1=CC=CC1. The monoisotopic (exact) mass is 209 g/mol. The standard InChI is InChI=1S/C10H11NO2S/c12-14(13)10-7-11-6-9(10)5-8-3-1-2-4-8/h1-3,6-7,11H,4-5H2,(H,12,13). The highest BCUT2D eigenvalue weighted by Crippen LogP contribution is 2.20. The maximum atomic E-state index is 10.9. The highest BCUT2D eigenvalue weighted by molar-refractivity contribution is 7.79. The van der Waals surface area contributed by atoms with Gasteiger partial charge in [-0.15, -0.1) is 0 Å². The molecule has 4 heteroatoms. The molecule has 14 heavy (non-hydrogen) atoms. The molecular formula is C10H11NO2S. The smallest absolute Gasteiger partial charge is 0.188 e. The van der Waals surface area contributed by atoms with Crippen LogP contribution in [0, 0.1) is 0 Å². The zero-order valence-corrected chi connectivity index (χ0v) is 8.38. The lowest BCUT2D eigenvalue weighted by molar-refractivity contribution is 0.563. The molecule has 1 unspecified atom stereocenters. The number of nitrogens with one attached hydrogen (secondary N) is 1. The molecule has 74 valence electrons. The van der Waals surface area contributed by atoms with Crippen LogP contribution in [-0.2, 0) is 17.5 Å². The van der Waals surface area contributed by atoms with E-state index in [4.69, 9.17) is 4.55 Å². The van der Waals surface area contributed by atoms with Gasteiger partial charge in [-0.2, -0.15) is 0 Å². The zero-order chi connectivity index (χ0) is 9.97. The fraction of sp³-hybridized carbons (Fsp3) is 0.200. The average Bonchev–Trinajstić information content (AvgIpc) is 2.75. The van der Waals surface area contributed by atoms with Crippen molar-refractivity contribution < 1.29 is 8.76 Å². The Balaban J connectivity index is 2.16. The van der Waals surface area contributed by atoms with Crippen molar-refractivity contribution in [2.24, 2.45) is 0 Å². The van der Waals surface area contributed by atoms with Crippen molar-refractivity contribution in [3.05, 3.63) is 41.8 Å². The first-order valence-corrected chi connectivity index (χ1v) is 5.49. The van der Waals surface area contributed by atoms with Crippen LogP contribution in [0.3, 0.4) is 0 Å². The van der Waals surface area contributed by atoms with Gasteiger partial charge in [0.25, 0.3) is 0 Å². The van der Waals surface area contributed by atoms with Crippen molar-refractivity contribution in [2.75, 3.05) is 0 Å². The molecule has 0 fully saturated rings. The summed E-state index contributed by atoms with van der Waals surface area (Å²) in [6, 6.07) is 0. The van der Waals surface area contributed by atoms with Crippen molar-refractivity contribution in [3.8, 4) is 0 Å². The average molecular weight is 209 g/mol. The lowest BCUT2D eigenvalue weighted by atomic mass is 10.1. The van der Waals surface area contributed by atoms with Gasteiger partial charge >= 0.3 is 0 Å². The highest BCUT2D eigenvalue weighted by Gasteiger charge is 2.10. The molecule has 0 aliphatic heterocycles. The molecule has 1 atom stereocenters. The fourth-order valence-corrected chi connectivity index (χ4v) is 2.07. The zero-order valence-electron chi connectivity index (χ0n) is 7.56. The van der Waals surface area contributed by atoms with E-state index in [2.05, 4.69) is 17.1 Å². The third-order valence-electron chi connectivity index (χ3n) is 2.24. The number of hydrogen-bond acceptors (Lipinski definition) is 1. The molecule has 0 spiro atoms. The first-order valence-electron chi connectivity index (χ1n) is 4.38. The van der Waals surface area contributed by atoms with Crippen molar-refractivity contribution in [2.45, 2.75) is 17.7 Å². The van der Waals surface area contributed by atoms with E-state index in [0.29, 0.717) is 4.90 Å². The van der Waals surface area contributed by atoms with Gasteiger partial charge < -0.3 is 9.54 Å². The van der Waals surface area contributed by atoms with Crippen molar-refractivity contribution in [1.29, 1.82) is 0 Å². The summed E-state index contributed by atoms with van der Waals surface area (Å²) in [7, 11) is 0. The fourth-order valence-electron chi connectivity index (χ4n) is 1.55. The van der Waals surface area contributed by atoms with E-state index in [1.807, 2.05) is 6.08 Å².